The van der Waals surface area contributed by atoms with E-state index in [1.165, 1.54) is 5.06 Å². The van der Waals surface area contributed by atoms with Crippen LogP contribution in [-0.2, 0) is 14.4 Å². The molecule has 1 atom stereocenters. The van der Waals surface area contributed by atoms with Gasteiger partial charge in [-0.25, -0.2) is 4.84 Å². The van der Waals surface area contributed by atoms with Crippen LogP contribution in [0.15, 0.2) is 24.3 Å². The Bertz CT molecular complexity index is 503. The second-order valence-corrected chi connectivity index (χ2v) is 5.55. The molecular weight excluding hydrogens is 266 g/mol. The second kappa shape index (κ2) is 4.78. The zero-order valence-corrected chi connectivity index (χ0v) is 12.3. The summed E-state index contributed by atoms with van der Waals surface area (Å²) < 4.78 is 5.64. The molecule has 0 N–H and O–H groups in total. The number of amides is 1. The maximum atomic E-state index is 12.5. The Hall–Kier alpha value is -1.10. The first kappa shape index (κ1) is 14.3. The lowest BCUT2D eigenvalue weighted by atomic mass is 9.84. The van der Waals surface area contributed by atoms with E-state index in [0.717, 1.165) is 0 Å². The minimum Gasteiger partial charge on any atom is -0.347 e. The van der Waals surface area contributed by atoms with E-state index in [1.54, 1.807) is 31.2 Å². The standard InChI is InChI=1S/C14H18ClNO3/c1-5-18-14(4)13(2,3)12(17)16(19-14)11-9-7-6-8-10(11)15/h6-9H,5H2,1-4H3. The molecule has 1 fully saturated rings. The Morgan fingerprint density at radius 3 is 2.53 bits per heavy atom. The van der Waals surface area contributed by atoms with Gasteiger partial charge in [0, 0.05) is 6.61 Å². The van der Waals surface area contributed by atoms with Gasteiger partial charge >= 0.3 is 0 Å². The van der Waals surface area contributed by atoms with E-state index >= 15 is 0 Å². The Morgan fingerprint density at radius 2 is 1.95 bits per heavy atom. The smallest absolute Gasteiger partial charge is 0.262 e. The predicted octanol–water partition coefficient (Wildman–Crippen LogP) is 3.40. The molecule has 104 valence electrons. The molecule has 0 spiro atoms. The molecule has 1 saturated heterocycles. The van der Waals surface area contributed by atoms with Gasteiger partial charge in [0.1, 0.15) is 5.41 Å². The molecular formula is C14H18ClNO3. The fourth-order valence-electron chi connectivity index (χ4n) is 2.04. The highest BCUT2D eigenvalue weighted by Crippen LogP contribution is 2.46. The number of hydroxylamine groups is 1. The number of hydrogen-bond donors (Lipinski definition) is 0. The van der Waals surface area contributed by atoms with E-state index in [-0.39, 0.29) is 5.91 Å². The van der Waals surface area contributed by atoms with E-state index in [4.69, 9.17) is 21.2 Å². The normalized spacial score (nSPS) is 25.9. The molecule has 1 heterocycles. The van der Waals surface area contributed by atoms with Crippen molar-refractivity contribution in [3.63, 3.8) is 0 Å². The molecule has 19 heavy (non-hydrogen) atoms. The number of nitrogens with zero attached hydrogens (tertiary/aromatic N) is 1. The SMILES string of the molecule is CCOC1(C)ON(c2ccccc2Cl)C(=O)C1(C)C. The first-order valence-corrected chi connectivity index (χ1v) is 6.63. The van der Waals surface area contributed by atoms with Crippen molar-refractivity contribution in [3.05, 3.63) is 29.3 Å². The molecule has 2 rings (SSSR count). The number of carbonyl (C=O) groups is 1. The molecule has 1 aliphatic heterocycles. The summed E-state index contributed by atoms with van der Waals surface area (Å²) in [6, 6.07) is 7.07. The van der Waals surface area contributed by atoms with Crippen LogP contribution in [0.4, 0.5) is 5.69 Å². The number of carbonyl (C=O) groups excluding carboxylic acids is 1. The van der Waals surface area contributed by atoms with Crippen LogP contribution < -0.4 is 5.06 Å². The molecule has 0 bridgehead atoms. The minimum atomic E-state index is -1.00. The number of rotatable bonds is 3. The van der Waals surface area contributed by atoms with Crippen LogP contribution in [0.25, 0.3) is 0 Å². The fraction of sp³-hybridized carbons (Fsp3) is 0.500. The minimum absolute atomic E-state index is 0.170. The molecule has 0 aromatic heterocycles. The summed E-state index contributed by atoms with van der Waals surface area (Å²) in [4.78, 5) is 18.3. The average Bonchev–Trinajstić information content (AvgIpc) is 2.52. The highest BCUT2D eigenvalue weighted by atomic mass is 35.5. The summed E-state index contributed by atoms with van der Waals surface area (Å²) in [5.74, 6) is -1.17. The van der Waals surface area contributed by atoms with Gasteiger partial charge in [-0.3, -0.25) is 4.79 Å². The monoisotopic (exact) mass is 283 g/mol. The average molecular weight is 284 g/mol. The molecule has 0 saturated carbocycles. The lowest BCUT2D eigenvalue weighted by Crippen LogP contribution is -2.44. The van der Waals surface area contributed by atoms with Crippen LogP contribution in [0.2, 0.25) is 5.02 Å². The third-order valence-electron chi connectivity index (χ3n) is 3.61. The second-order valence-electron chi connectivity index (χ2n) is 5.15. The summed E-state index contributed by atoms with van der Waals surface area (Å²) in [5.41, 5.74) is -0.256. The molecule has 1 aromatic rings. The zero-order chi connectivity index (χ0) is 14.3. The highest BCUT2D eigenvalue weighted by molar-refractivity contribution is 6.33. The number of para-hydroxylation sites is 1. The van der Waals surface area contributed by atoms with Gasteiger partial charge in [0.25, 0.3) is 5.91 Å². The molecule has 1 unspecified atom stereocenters. The number of ether oxygens (including phenoxy) is 1. The Morgan fingerprint density at radius 1 is 1.32 bits per heavy atom. The van der Waals surface area contributed by atoms with Crippen LogP contribution in [0, 0.1) is 5.41 Å². The van der Waals surface area contributed by atoms with Crippen LogP contribution in [-0.4, -0.2) is 18.3 Å². The van der Waals surface area contributed by atoms with Crippen LogP contribution in [0.3, 0.4) is 0 Å². The van der Waals surface area contributed by atoms with Crippen molar-refractivity contribution >= 4 is 23.2 Å². The zero-order valence-electron chi connectivity index (χ0n) is 11.6. The summed E-state index contributed by atoms with van der Waals surface area (Å²) in [6.07, 6.45) is 0. The number of halogens is 1. The van der Waals surface area contributed by atoms with Gasteiger partial charge < -0.3 is 4.74 Å². The molecule has 1 aliphatic rings. The van der Waals surface area contributed by atoms with Gasteiger partial charge in [-0.15, -0.1) is 0 Å². The number of benzene rings is 1. The van der Waals surface area contributed by atoms with Gasteiger partial charge in [-0.1, -0.05) is 23.7 Å². The van der Waals surface area contributed by atoms with E-state index < -0.39 is 11.2 Å². The van der Waals surface area contributed by atoms with Gasteiger partial charge in [0.15, 0.2) is 0 Å². The molecule has 0 aliphatic carbocycles. The van der Waals surface area contributed by atoms with Crippen molar-refractivity contribution in [2.24, 2.45) is 5.41 Å². The molecule has 1 aromatic carbocycles. The topological polar surface area (TPSA) is 38.8 Å². The summed E-state index contributed by atoms with van der Waals surface area (Å²) in [6.45, 7) is 7.71. The largest absolute Gasteiger partial charge is 0.347 e. The van der Waals surface area contributed by atoms with Crippen molar-refractivity contribution in [2.45, 2.75) is 33.5 Å². The van der Waals surface area contributed by atoms with Crippen LogP contribution in [0.1, 0.15) is 27.7 Å². The number of anilines is 1. The summed E-state index contributed by atoms with van der Waals surface area (Å²) in [5, 5.41) is 1.70. The summed E-state index contributed by atoms with van der Waals surface area (Å²) in [7, 11) is 0. The lowest BCUT2D eigenvalue weighted by molar-refractivity contribution is -0.241. The highest BCUT2D eigenvalue weighted by Gasteiger charge is 2.59. The van der Waals surface area contributed by atoms with Gasteiger partial charge in [-0.05, 0) is 39.8 Å². The molecule has 4 nitrogen and oxygen atoms in total. The molecule has 0 radical (unpaired) electrons. The Labute approximate surface area is 118 Å². The van der Waals surface area contributed by atoms with Crippen molar-refractivity contribution in [1.82, 2.24) is 0 Å². The maximum Gasteiger partial charge on any atom is 0.262 e. The van der Waals surface area contributed by atoms with Crippen molar-refractivity contribution < 1.29 is 14.4 Å². The van der Waals surface area contributed by atoms with Gasteiger partial charge in [-0.2, -0.15) is 5.06 Å². The lowest BCUT2D eigenvalue weighted by Gasteiger charge is -2.32. The summed E-state index contributed by atoms with van der Waals surface area (Å²) >= 11 is 6.12. The van der Waals surface area contributed by atoms with Gasteiger partial charge in [0.05, 0.1) is 10.7 Å². The first-order valence-electron chi connectivity index (χ1n) is 6.25. The maximum absolute atomic E-state index is 12.5. The van der Waals surface area contributed by atoms with E-state index in [1.807, 2.05) is 20.8 Å². The van der Waals surface area contributed by atoms with Crippen molar-refractivity contribution in [1.29, 1.82) is 0 Å². The third-order valence-corrected chi connectivity index (χ3v) is 3.93. The fourth-order valence-corrected chi connectivity index (χ4v) is 2.25. The third kappa shape index (κ3) is 2.14. The quantitative estimate of drug-likeness (QED) is 0.853. The van der Waals surface area contributed by atoms with Crippen LogP contribution in [0.5, 0.6) is 0 Å². The first-order chi connectivity index (χ1) is 8.83. The predicted molar refractivity (Wildman–Crippen MR) is 73.8 cm³/mol. The number of hydrogen-bond acceptors (Lipinski definition) is 3. The van der Waals surface area contributed by atoms with E-state index in [0.29, 0.717) is 17.3 Å². The molecule has 1 amide bonds. The van der Waals surface area contributed by atoms with Crippen molar-refractivity contribution in [3.8, 4) is 0 Å². The Balaban J connectivity index is 2.42. The van der Waals surface area contributed by atoms with E-state index in [2.05, 4.69) is 0 Å². The van der Waals surface area contributed by atoms with Crippen molar-refractivity contribution in [2.75, 3.05) is 11.7 Å². The Kier molecular flexibility index (Phi) is 3.60. The molecule has 5 heteroatoms. The van der Waals surface area contributed by atoms with E-state index in [9.17, 15) is 4.79 Å². The van der Waals surface area contributed by atoms with Gasteiger partial charge in [0.2, 0.25) is 5.79 Å². The van der Waals surface area contributed by atoms with Crippen LogP contribution >= 0.6 is 11.6 Å².